The Morgan fingerprint density at radius 3 is 0.828 bits per heavy atom. The Labute approximate surface area is 363 Å². The second-order valence-electron chi connectivity index (χ2n) is 13.5. The van der Waals surface area contributed by atoms with E-state index in [9.17, 15) is 0 Å². The van der Waals surface area contributed by atoms with Crippen molar-refractivity contribution in [3.8, 4) is 23.7 Å². The van der Waals surface area contributed by atoms with Crippen LogP contribution in [0.15, 0.2) is 72.8 Å². The third kappa shape index (κ3) is 8.16. The van der Waals surface area contributed by atoms with Crippen LogP contribution in [0.3, 0.4) is 0 Å². The van der Waals surface area contributed by atoms with Gasteiger partial charge in [0, 0.05) is 43.4 Å². The van der Waals surface area contributed by atoms with E-state index < -0.39 is 0 Å². The summed E-state index contributed by atoms with van der Waals surface area (Å²) in [6.45, 7) is 0. The predicted octanol–water partition coefficient (Wildman–Crippen LogP) is 10.3. The average Bonchev–Trinajstić information content (AvgIpc) is 4.11. The molecule has 4 aliphatic carbocycles. The Kier molecular flexibility index (Phi) is 12.8. The first-order chi connectivity index (χ1) is 27.8. The topological polar surface area (TPSA) is 51.6 Å². The Hall–Kier alpha value is -4.28. The second-order valence-corrected chi connectivity index (χ2v) is 13.5. The van der Waals surface area contributed by atoms with Gasteiger partial charge in [0.25, 0.3) is 0 Å². The molecule has 0 N–H and O–H groups in total. The summed E-state index contributed by atoms with van der Waals surface area (Å²) in [6, 6.07) is 24.7. The first-order valence-electron chi connectivity index (χ1n) is 18.5. The Balaban J connectivity index is 0.000000345. The predicted molar refractivity (Wildman–Crippen MR) is 229 cm³/mol. The van der Waals surface area contributed by atoms with Crippen molar-refractivity contribution in [3.05, 3.63) is 211 Å². The molecule has 0 spiro atoms. The normalized spacial score (nSPS) is 16.8. The molecule has 0 aliphatic heterocycles. The average molecular weight is 823 g/mol. The van der Waals surface area contributed by atoms with Crippen LogP contribution < -0.4 is 0 Å². The van der Waals surface area contributed by atoms with Crippen molar-refractivity contribution in [2.45, 2.75) is 0 Å². The molecule has 0 amide bonds. The van der Waals surface area contributed by atoms with Gasteiger partial charge in [-0.05, 0) is 164 Å². The number of hydrogen-bond acceptors (Lipinski definition) is 4. The molecule has 0 bridgehead atoms. The fourth-order valence-electron chi connectivity index (χ4n) is 7.31. The van der Waals surface area contributed by atoms with Crippen molar-refractivity contribution >= 4 is 76.5 Å². The second kappa shape index (κ2) is 18.3. The van der Waals surface area contributed by atoms with E-state index in [1.807, 2.05) is 164 Å². The van der Waals surface area contributed by atoms with Gasteiger partial charge >= 0.3 is 34.1 Å². The molecule has 12 rings (SSSR count). The van der Waals surface area contributed by atoms with E-state index in [2.05, 4.69) is 47.9 Å². The summed E-state index contributed by atoms with van der Waals surface area (Å²) in [5.41, 5.74) is 8.52. The minimum atomic E-state index is 0. The minimum absolute atomic E-state index is 0. The number of hydrogen-bond donors (Lipinski definition) is 0. The molecule has 6 heteroatoms. The fraction of sp³-hybridized carbons (Fsp3) is 0. The van der Waals surface area contributed by atoms with E-state index in [0.717, 1.165) is 99.4 Å². The molecule has 20 radical (unpaired) electrons. The number of benzene rings is 6. The van der Waals surface area contributed by atoms with Gasteiger partial charge in [0.1, 0.15) is 0 Å². The number of nitrogens with zero attached hydrogens (tertiary/aromatic N) is 4. The van der Waals surface area contributed by atoms with E-state index in [-0.39, 0.29) is 34.1 Å². The molecule has 0 atom stereocenters. The maximum absolute atomic E-state index is 5.24. The van der Waals surface area contributed by atoms with Crippen molar-refractivity contribution in [3.63, 3.8) is 0 Å². The zero-order chi connectivity index (χ0) is 37.3. The van der Waals surface area contributed by atoms with Gasteiger partial charge in [-0.1, -0.05) is 47.9 Å². The standard InChI is InChI=1S/C42H20N4.2C5H5.2Fe/c1-2-10-25(9-1)17-19-27-21-29-37-30(22-27)40-42(46-36-16-8-6-14-34(36)44-40)32-24-28(20-18-26-11-3-4-12-26)23-31(38(32)37)41-39(29)43-33-13-5-7-15-35(33)45-41;2*1-2-4-5-3-1;;/h1-16,21-24H;2*1-5H;;/q;;;2*+2. The quantitative estimate of drug-likeness (QED) is 0.0662. The van der Waals surface area contributed by atoms with Crippen LogP contribution in [0.2, 0.25) is 0 Å². The molecule has 0 unspecified atom stereocenters. The summed E-state index contributed by atoms with van der Waals surface area (Å²) in [6.07, 6.45) is 36.1. The molecule has 58 heavy (non-hydrogen) atoms. The summed E-state index contributed by atoms with van der Waals surface area (Å²) in [5.74, 6) is 15.5. The first-order valence-corrected chi connectivity index (χ1v) is 18.5. The molecule has 0 saturated heterocycles. The summed E-state index contributed by atoms with van der Waals surface area (Å²) < 4.78 is 0. The van der Waals surface area contributed by atoms with Crippen LogP contribution in [0.5, 0.6) is 0 Å². The van der Waals surface area contributed by atoms with Crippen LogP contribution in [0.4, 0.5) is 0 Å². The monoisotopic (exact) mass is 822 g/mol. The van der Waals surface area contributed by atoms with Crippen LogP contribution in [-0.2, 0) is 34.1 Å². The molecule has 8 aromatic rings. The largest absolute Gasteiger partial charge is 2.00 e. The van der Waals surface area contributed by atoms with Gasteiger partial charge in [-0.15, -0.1) is 0 Å². The summed E-state index contributed by atoms with van der Waals surface area (Å²) in [7, 11) is 0. The molecule has 6 aromatic carbocycles. The van der Waals surface area contributed by atoms with Crippen LogP contribution >= 0.6 is 0 Å². The SMILES string of the molecule is C(#Cc1cc2c3nc4ccccc4nc3c3cc(C#C[C]4[CH][CH][CH][CH]4)cc4c5nc6ccccc6nc5c(c1)c2c34)[C]1[CH][CH][CH][CH]1.[CH]1[CH][CH][CH][CH]1.[CH]1[CH][CH][CH][CH]1.[Fe+2].[Fe+2]. The Morgan fingerprint density at radius 2 is 0.569 bits per heavy atom. The number of para-hydroxylation sites is 4. The van der Waals surface area contributed by atoms with Crippen LogP contribution in [0, 0.1) is 151 Å². The third-order valence-corrected chi connectivity index (χ3v) is 9.83. The van der Waals surface area contributed by atoms with E-state index in [1.165, 1.54) is 0 Å². The summed E-state index contributed by atoms with van der Waals surface area (Å²) in [4.78, 5) is 21.0. The zero-order valence-corrected chi connectivity index (χ0v) is 33.0. The van der Waals surface area contributed by atoms with Crippen LogP contribution in [0.25, 0.3) is 76.5 Å². The Bertz CT molecular complexity index is 2500. The molecule has 2 heterocycles. The van der Waals surface area contributed by atoms with E-state index >= 15 is 0 Å². The minimum Gasteiger partial charge on any atom is -0.244 e. The maximum atomic E-state index is 5.24. The molecule has 270 valence electrons. The fourth-order valence-corrected chi connectivity index (χ4v) is 7.31. The first kappa shape index (κ1) is 40.5. The van der Waals surface area contributed by atoms with Gasteiger partial charge < -0.3 is 0 Å². The molecular weight excluding hydrogens is 792 g/mol. The molecule has 4 nitrogen and oxygen atoms in total. The molecule has 4 aliphatic rings. The van der Waals surface area contributed by atoms with Crippen LogP contribution in [0.1, 0.15) is 11.1 Å². The molecule has 2 aromatic heterocycles. The van der Waals surface area contributed by atoms with Crippen LogP contribution in [-0.4, -0.2) is 19.9 Å². The molecular formula is C52H30Fe2N4+4. The molecule has 4 fully saturated rings. The van der Waals surface area contributed by atoms with Gasteiger partial charge in [0.15, 0.2) is 0 Å². The summed E-state index contributed by atoms with van der Waals surface area (Å²) >= 11 is 0. The number of fused-ring (bicyclic) bond motifs is 8. The van der Waals surface area contributed by atoms with Crippen molar-refractivity contribution in [2.75, 3.05) is 0 Å². The van der Waals surface area contributed by atoms with Gasteiger partial charge in [0.05, 0.1) is 56.0 Å². The van der Waals surface area contributed by atoms with Crippen molar-refractivity contribution in [2.24, 2.45) is 0 Å². The third-order valence-electron chi connectivity index (χ3n) is 9.83. The zero-order valence-electron chi connectivity index (χ0n) is 30.8. The smallest absolute Gasteiger partial charge is 0.244 e. The van der Waals surface area contributed by atoms with Gasteiger partial charge in [-0.3, -0.25) is 0 Å². The molecule has 4 saturated carbocycles. The Morgan fingerprint density at radius 1 is 0.310 bits per heavy atom. The van der Waals surface area contributed by atoms with Crippen molar-refractivity contribution < 1.29 is 34.1 Å². The number of rotatable bonds is 0. The van der Waals surface area contributed by atoms with E-state index in [4.69, 9.17) is 19.9 Å². The summed E-state index contributed by atoms with van der Waals surface area (Å²) in [5, 5.41) is 6.19. The van der Waals surface area contributed by atoms with Crippen molar-refractivity contribution in [1.29, 1.82) is 0 Å². The van der Waals surface area contributed by atoms with E-state index in [1.54, 1.807) is 0 Å². The van der Waals surface area contributed by atoms with Gasteiger partial charge in [-0.25, -0.2) is 19.9 Å². The van der Waals surface area contributed by atoms with Gasteiger partial charge in [0.2, 0.25) is 0 Å². The maximum Gasteiger partial charge on any atom is 2.00 e. The van der Waals surface area contributed by atoms with E-state index in [0.29, 0.717) is 0 Å². The van der Waals surface area contributed by atoms with Crippen molar-refractivity contribution in [1.82, 2.24) is 19.9 Å². The number of aromatic nitrogens is 4. The van der Waals surface area contributed by atoms with Gasteiger partial charge in [-0.2, -0.15) is 0 Å².